The highest BCUT2D eigenvalue weighted by Gasteiger charge is 2.31. The van der Waals surface area contributed by atoms with Gasteiger partial charge in [0.1, 0.15) is 5.60 Å². The zero-order valence-corrected chi connectivity index (χ0v) is 12.0. The van der Waals surface area contributed by atoms with E-state index < -0.39 is 11.7 Å². The SMILES string of the molecule is OC(CNCC1(O)CCOC1)c1ccc2ccccc2c1. The molecule has 21 heavy (non-hydrogen) atoms. The van der Waals surface area contributed by atoms with Crippen molar-refractivity contribution in [2.45, 2.75) is 18.1 Å². The molecule has 1 aliphatic heterocycles. The van der Waals surface area contributed by atoms with Gasteiger partial charge in [0.05, 0.1) is 12.7 Å². The van der Waals surface area contributed by atoms with Gasteiger partial charge in [-0.1, -0.05) is 36.4 Å². The molecule has 0 aliphatic carbocycles. The average molecular weight is 287 g/mol. The van der Waals surface area contributed by atoms with Gasteiger partial charge in [0.15, 0.2) is 0 Å². The van der Waals surface area contributed by atoms with Crippen molar-refractivity contribution in [3.63, 3.8) is 0 Å². The van der Waals surface area contributed by atoms with Crippen molar-refractivity contribution in [2.75, 3.05) is 26.3 Å². The zero-order valence-electron chi connectivity index (χ0n) is 12.0. The summed E-state index contributed by atoms with van der Waals surface area (Å²) in [5, 5.41) is 25.8. The second-order valence-electron chi connectivity index (χ2n) is 5.78. The second-order valence-corrected chi connectivity index (χ2v) is 5.78. The van der Waals surface area contributed by atoms with Gasteiger partial charge < -0.3 is 20.3 Å². The van der Waals surface area contributed by atoms with Crippen molar-refractivity contribution in [3.8, 4) is 0 Å². The predicted molar refractivity (Wildman–Crippen MR) is 82.2 cm³/mol. The van der Waals surface area contributed by atoms with Gasteiger partial charge in [-0.3, -0.25) is 0 Å². The van der Waals surface area contributed by atoms with E-state index in [9.17, 15) is 10.2 Å². The minimum Gasteiger partial charge on any atom is -0.387 e. The Bertz CT molecular complexity index is 608. The minimum absolute atomic E-state index is 0.367. The van der Waals surface area contributed by atoms with Crippen LogP contribution in [0.2, 0.25) is 0 Å². The maximum Gasteiger partial charge on any atom is 0.102 e. The summed E-state index contributed by atoms with van der Waals surface area (Å²) in [5.41, 5.74) is 0.0965. The molecule has 0 radical (unpaired) electrons. The molecule has 1 heterocycles. The molecule has 2 unspecified atom stereocenters. The molecule has 3 rings (SSSR count). The van der Waals surface area contributed by atoms with Crippen molar-refractivity contribution in [1.29, 1.82) is 0 Å². The van der Waals surface area contributed by atoms with Crippen LogP contribution in [0.5, 0.6) is 0 Å². The summed E-state index contributed by atoms with van der Waals surface area (Å²) < 4.78 is 5.20. The molecular formula is C17H21NO3. The lowest BCUT2D eigenvalue weighted by atomic mass is 10.0. The number of hydrogen-bond acceptors (Lipinski definition) is 4. The molecule has 0 amide bonds. The smallest absolute Gasteiger partial charge is 0.102 e. The fourth-order valence-corrected chi connectivity index (χ4v) is 2.71. The van der Waals surface area contributed by atoms with Crippen LogP contribution in [0.3, 0.4) is 0 Å². The number of rotatable bonds is 5. The van der Waals surface area contributed by atoms with E-state index in [0.717, 1.165) is 10.9 Å². The Morgan fingerprint density at radius 1 is 1.19 bits per heavy atom. The summed E-state index contributed by atoms with van der Waals surface area (Å²) in [4.78, 5) is 0. The van der Waals surface area contributed by atoms with E-state index in [1.54, 1.807) is 0 Å². The van der Waals surface area contributed by atoms with Gasteiger partial charge in [0.2, 0.25) is 0 Å². The van der Waals surface area contributed by atoms with Gasteiger partial charge in [-0.15, -0.1) is 0 Å². The fraction of sp³-hybridized carbons (Fsp3) is 0.412. The highest BCUT2D eigenvalue weighted by Crippen LogP contribution is 2.21. The Balaban J connectivity index is 1.60. The van der Waals surface area contributed by atoms with Crippen molar-refractivity contribution in [2.24, 2.45) is 0 Å². The number of aliphatic hydroxyl groups is 2. The first kappa shape index (κ1) is 14.5. The number of hydrogen-bond donors (Lipinski definition) is 3. The molecule has 3 N–H and O–H groups in total. The molecule has 0 aromatic heterocycles. The van der Waals surface area contributed by atoms with Crippen molar-refractivity contribution in [1.82, 2.24) is 5.32 Å². The predicted octanol–water partition coefficient (Wildman–Crippen LogP) is 1.61. The summed E-state index contributed by atoms with van der Waals surface area (Å²) in [6, 6.07) is 14.1. The first-order chi connectivity index (χ1) is 10.2. The number of nitrogens with one attached hydrogen (secondary N) is 1. The Kier molecular flexibility index (Phi) is 4.22. The normalized spacial score (nSPS) is 23.5. The molecule has 0 spiro atoms. The largest absolute Gasteiger partial charge is 0.387 e. The van der Waals surface area contributed by atoms with E-state index >= 15 is 0 Å². The molecule has 4 heteroatoms. The number of fused-ring (bicyclic) bond motifs is 1. The quantitative estimate of drug-likeness (QED) is 0.782. The minimum atomic E-state index is -0.789. The monoisotopic (exact) mass is 287 g/mol. The van der Waals surface area contributed by atoms with Gasteiger partial charge in [-0.2, -0.15) is 0 Å². The van der Waals surface area contributed by atoms with Crippen LogP contribution in [0, 0.1) is 0 Å². The molecule has 112 valence electrons. The van der Waals surface area contributed by atoms with Crippen LogP contribution in [-0.2, 0) is 4.74 Å². The van der Waals surface area contributed by atoms with Gasteiger partial charge in [-0.05, 0) is 22.4 Å². The standard InChI is InChI=1S/C17H21NO3/c19-16(10-18-11-17(20)7-8-21-12-17)15-6-5-13-3-1-2-4-14(13)9-15/h1-6,9,16,18-20H,7-8,10-12H2. The molecule has 1 aliphatic rings. The summed E-state index contributed by atoms with van der Waals surface area (Å²) in [5.74, 6) is 0. The van der Waals surface area contributed by atoms with Crippen LogP contribution in [0.4, 0.5) is 0 Å². The van der Waals surface area contributed by atoms with Gasteiger partial charge in [0, 0.05) is 26.1 Å². The average Bonchev–Trinajstić information content (AvgIpc) is 2.93. The summed E-state index contributed by atoms with van der Waals surface area (Å²) in [6.07, 6.45) is 0.0621. The summed E-state index contributed by atoms with van der Waals surface area (Å²) in [7, 11) is 0. The lowest BCUT2D eigenvalue weighted by Crippen LogP contribution is -2.42. The van der Waals surface area contributed by atoms with E-state index in [-0.39, 0.29) is 0 Å². The number of aliphatic hydroxyl groups excluding tert-OH is 1. The molecule has 1 saturated heterocycles. The van der Waals surface area contributed by atoms with E-state index in [1.165, 1.54) is 5.39 Å². The van der Waals surface area contributed by atoms with Crippen LogP contribution in [0.25, 0.3) is 10.8 Å². The molecule has 2 aromatic carbocycles. The van der Waals surface area contributed by atoms with Crippen LogP contribution < -0.4 is 5.32 Å². The first-order valence-electron chi connectivity index (χ1n) is 7.34. The maximum atomic E-state index is 10.3. The first-order valence-corrected chi connectivity index (χ1v) is 7.34. The Morgan fingerprint density at radius 2 is 2.00 bits per heavy atom. The molecule has 2 atom stereocenters. The summed E-state index contributed by atoms with van der Waals surface area (Å²) >= 11 is 0. The third kappa shape index (κ3) is 3.41. The lowest BCUT2D eigenvalue weighted by Gasteiger charge is -2.22. The number of ether oxygens (including phenoxy) is 1. The maximum absolute atomic E-state index is 10.3. The van der Waals surface area contributed by atoms with E-state index in [4.69, 9.17) is 4.74 Å². The molecule has 0 saturated carbocycles. The highest BCUT2D eigenvalue weighted by molar-refractivity contribution is 5.83. The van der Waals surface area contributed by atoms with Crippen LogP contribution in [-0.4, -0.2) is 42.1 Å². The third-order valence-electron chi connectivity index (χ3n) is 4.03. The molecular weight excluding hydrogens is 266 g/mol. The van der Waals surface area contributed by atoms with Crippen molar-refractivity contribution in [3.05, 3.63) is 48.0 Å². The van der Waals surface area contributed by atoms with E-state index in [2.05, 4.69) is 11.4 Å². The van der Waals surface area contributed by atoms with Gasteiger partial charge in [-0.25, -0.2) is 0 Å². The Labute approximate surface area is 124 Å². The molecule has 1 fully saturated rings. The molecule has 0 bridgehead atoms. The number of benzene rings is 2. The van der Waals surface area contributed by atoms with E-state index in [1.807, 2.05) is 36.4 Å². The van der Waals surface area contributed by atoms with Crippen LogP contribution in [0.1, 0.15) is 18.1 Å². The second kappa shape index (κ2) is 6.12. The van der Waals surface area contributed by atoms with Crippen molar-refractivity contribution < 1.29 is 14.9 Å². The highest BCUT2D eigenvalue weighted by atomic mass is 16.5. The van der Waals surface area contributed by atoms with Crippen LogP contribution in [0.15, 0.2) is 42.5 Å². The third-order valence-corrected chi connectivity index (χ3v) is 4.03. The van der Waals surface area contributed by atoms with Crippen LogP contribution >= 0.6 is 0 Å². The topological polar surface area (TPSA) is 61.7 Å². The fourth-order valence-electron chi connectivity index (χ4n) is 2.71. The molecule has 2 aromatic rings. The van der Waals surface area contributed by atoms with Crippen molar-refractivity contribution >= 4 is 10.8 Å². The van der Waals surface area contributed by atoms with Gasteiger partial charge >= 0.3 is 0 Å². The Hall–Kier alpha value is -1.46. The molecule has 4 nitrogen and oxygen atoms in total. The lowest BCUT2D eigenvalue weighted by molar-refractivity contribution is 0.0244. The summed E-state index contributed by atoms with van der Waals surface area (Å²) in [6.45, 7) is 1.83. The van der Waals surface area contributed by atoms with Gasteiger partial charge in [0.25, 0.3) is 0 Å². The zero-order chi connectivity index (χ0) is 14.7. The Morgan fingerprint density at radius 3 is 2.76 bits per heavy atom. The van der Waals surface area contributed by atoms with E-state index in [0.29, 0.717) is 32.7 Å².